The Hall–Kier alpha value is -0.160. The number of fused-ring (bicyclic) bond motifs is 1. The molecule has 2 fully saturated rings. The molecular weight excluding hydrogens is 154 g/mol. The lowest BCUT2D eigenvalue weighted by atomic mass is 9.94. The van der Waals surface area contributed by atoms with Gasteiger partial charge in [-0.25, -0.2) is 0 Å². The van der Waals surface area contributed by atoms with Crippen LogP contribution in [0.15, 0.2) is 0 Å². The van der Waals surface area contributed by atoms with Crippen LogP contribution in [0, 0.1) is 0 Å². The van der Waals surface area contributed by atoms with Crippen LogP contribution in [0.5, 0.6) is 0 Å². The molecule has 2 saturated heterocycles. The highest BCUT2D eigenvalue weighted by molar-refractivity contribution is 4.98. The fraction of sp³-hybridized carbons (Fsp3) is 1.00. The monoisotopic (exact) mass is 171 g/mol. The van der Waals surface area contributed by atoms with E-state index in [1.807, 2.05) is 0 Å². The van der Waals surface area contributed by atoms with Crippen molar-refractivity contribution in [2.45, 2.75) is 5.54 Å². The minimum absolute atomic E-state index is 0.0938. The van der Waals surface area contributed by atoms with Crippen LogP contribution >= 0.6 is 0 Å². The quantitative estimate of drug-likeness (QED) is 0.510. The summed E-state index contributed by atoms with van der Waals surface area (Å²) in [6, 6.07) is 0. The summed E-state index contributed by atoms with van der Waals surface area (Å²) in [5.74, 6) is 0. The zero-order valence-electron chi connectivity index (χ0n) is 7.38. The summed E-state index contributed by atoms with van der Waals surface area (Å²) in [4.78, 5) is 2.47. The summed E-state index contributed by atoms with van der Waals surface area (Å²) in [6.07, 6.45) is 0. The van der Waals surface area contributed by atoms with Crippen molar-refractivity contribution in [3.05, 3.63) is 0 Å². The van der Waals surface area contributed by atoms with Crippen molar-refractivity contribution in [3.8, 4) is 0 Å². The first-order valence-corrected chi connectivity index (χ1v) is 4.61. The lowest BCUT2D eigenvalue weighted by Gasteiger charge is -2.49. The Bertz CT molecular complexity index is 150. The van der Waals surface area contributed by atoms with Gasteiger partial charge in [0, 0.05) is 32.7 Å². The predicted molar refractivity (Wildman–Crippen MR) is 47.0 cm³/mol. The molecule has 0 saturated carbocycles. The maximum atomic E-state index is 5.79. The molecular formula is C8H17N3O. The minimum atomic E-state index is 0.0938. The predicted octanol–water partition coefficient (Wildman–Crippen LogP) is -1.38. The summed E-state index contributed by atoms with van der Waals surface area (Å²) in [7, 11) is 0. The largest absolute Gasteiger partial charge is 0.378 e. The zero-order valence-corrected chi connectivity index (χ0v) is 7.38. The number of nitrogens with zero attached hydrogens (tertiary/aromatic N) is 1. The molecule has 0 bridgehead atoms. The molecule has 0 amide bonds. The first kappa shape index (κ1) is 8.44. The molecule has 0 spiro atoms. The van der Waals surface area contributed by atoms with Crippen molar-refractivity contribution in [3.63, 3.8) is 0 Å². The molecule has 2 rings (SSSR count). The van der Waals surface area contributed by atoms with Crippen LogP contribution in [0.2, 0.25) is 0 Å². The summed E-state index contributed by atoms with van der Waals surface area (Å²) in [6.45, 7) is 6.56. The lowest BCUT2D eigenvalue weighted by Crippen LogP contribution is -2.69. The Morgan fingerprint density at radius 1 is 1.50 bits per heavy atom. The van der Waals surface area contributed by atoms with Gasteiger partial charge in [0.2, 0.25) is 0 Å². The number of piperazine rings is 1. The van der Waals surface area contributed by atoms with Crippen molar-refractivity contribution in [2.75, 3.05) is 45.9 Å². The maximum Gasteiger partial charge on any atom is 0.0692 e. The molecule has 1 atom stereocenters. The molecule has 4 heteroatoms. The fourth-order valence-electron chi connectivity index (χ4n) is 2.07. The van der Waals surface area contributed by atoms with Gasteiger partial charge in [0.15, 0.2) is 0 Å². The molecule has 4 nitrogen and oxygen atoms in total. The van der Waals surface area contributed by atoms with Crippen molar-refractivity contribution in [1.29, 1.82) is 0 Å². The van der Waals surface area contributed by atoms with E-state index in [4.69, 9.17) is 10.5 Å². The SMILES string of the molecule is NCC12CNCCN1CCOC2. The van der Waals surface area contributed by atoms with Crippen molar-refractivity contribution in [1.82, 2.24) is 10.2 Å². The molecule has 0 aromatic heterocycles. The number of morpholine rings is 1. The van der Waals surface area contributed by atoms with E-state index in [9.17, 15) is 0 Å². The second kappa shape index (κ2) is 3.30. The summed E-state index contributed by atoms with van der Waals surface area (Å²) < 4.78 is 5.47. The van der Waals surface area contributed by atoms with Gasteiger partial charge >= 0.3 is 0 Å². The fourth-order valence-corrected chi connectivity index (χ4v) is 2.07. The third-order valence-electron chi connectivity index (χ3n) is 2.94. The molecule has 2 aliphatic rings. The van der Waals surface area contributed by atoms with Gasteiger partial charge in [-0.2, -0.15) is 0 Å². The Morgan fingerprint density at radius 2 is 2.42 bits per heavy atom. The van der Waals surface area contributed by atoms with Crippen LogP contribution in [0.25, 0.3) is 0 Å². The van der Waals surface area contributed by atoms with Gasteiger partial charge in [-0.15, -0.1) is 0 Å². The van der Waals surface area contributed by atoms with E-state index >= 15 is 0 Å². The Balaban J connectivity index is 2.10. The normalized spacial score (nSPS) is 37.8. The highest BCUT2D eigenvalue weighted by Crippen LogP contribution is 2.20. The first-order valence-electron chi connectivity index (χ1n) is 4.61. The number of hydrogen-bond acceptors (Lipinski definition) is 4. The Morgan fingerprint density at radius 3 is 3.17 bits per heavy atom. The van der Waals surface area contributed by atoms with Crippen LogP contribution in [-0.2, 0) is 4.74 Å². The van der Waals surface area contributed by atoms with Crippen LogP contribution in [0.1, 0.15) is 0 Å². The summed E-state index contributed by atoms with van der Waals surface area (Å²) in [5.41, 5.74) is 5.88. The number of ether oxygens (including phenoxy) is 1. The van der Waals surface area contributed by atoms with Gasteiger partial charge in [-0.3, -0.25) is 4.90 Å². The zero-order chi connectivity index (χ0) is 8.44. The number of hydrogen-bond donors (Lipinski definition) is 2. The summed E-state index contributed by atoms with van der Waals surface area (Å²) >= 11 is 0. The maximum absolute atomic E-state index is 5.79. The molecule has 0 aromatic rings. The first-order chi connectivity index (χ1) is 5.87. The molecule has 0 radical (unpaired) electrons. The van der Waals surface area contributed by atoms with Crippen LogP contribution in [0.3, 0.4) is 0 Å². The van der Waals surface area contributed by atoms with E-state index in [0.717, 1.165) is 39.4 Å². The highest BCUT2D eigenvalue weighted by atomic mass is 16.5. The van der Waals surface area contributed by atoms with Crippen molar-refractivity contribution < 1.29 is 4.74 Å². The minimum Gasteiger partial charge on any atom is -0.378 e. The standard InChI is InChI=1S/C8H17N3O/c9-5-8-6-10-1-2-11(8)3-4-12-7-8/h10H,1-7,9H2. The molecule has 2 aliphatic heterocycles. The Labute approximate surface area is 73.0 Å². The summed E-state index contributed by atoms with van der Waals surface area (Å²) in [5, 5.41) is 3.37. The second-order valence-electron chi connectivity index (χ2n) is 3.64. The van der Waals surface area contributed by atoms with E-state index in [-0.39, 0.29) is 5.54 Å². The van der Waals surface area contributed by atoms with Gasteiger partial charge in [-0.1, -0.05) is 0 Å². The lowest BCUT2D eigenvalue weighted by molar-refractivity contribution is -0.0744. The third kappa shape index (κ3) is 1.25. The van der Waals surface area contributed by atoms with Crippen LogP contribution in [0.4, 0.5) is 0 Å². The van der Waals surface area contributed by atoms with E-state index in [1.54, 1.807) is 0 Å². The molecule has 0 aromatic carbocycles. The van der Waals surface area contributed by atoms with E-state index in [0.29, 0.717) is 6.54 Å². The second-order valence-corrected chi connectivity index (χ2v) is 3.64. The number of rotatable bonds is 1. The number of nitrogens with two attached hydrogens (primary N) is 1. The molecule has 12 heavy (non-hydrogen) atoms. The van der Waals surface area contributed by atoms with Gasteiger partial charge in [-0.05, 0) is 0 Å². The van der Waals surface area contributed by atoms with Gasteiger partial charge in [0.25, 0.3) is 0 Å². The van der Waals surface area contributed by atoms with Crippen molar-refractivity contribution >= 4 is 0 Å². The molecule has 2 heterocycles. The molecule has 70 valence electrons. The molecule has 0 aliphatic carbocycles. The molecule has 3 N–H and O–H groups in total. The van der Waals surface area contributed by atoms with Crippen molar-refractivity contribution in [2.24, 2.45) is 5.73 Å². The van der Waals surface area contributed by atoms with Crippen LogP contribution in [-0.4, -0.2) is 56.4 Å². The van der Waals surface area contributed by atoms with Gasteiger partial charge in [0.1, 0.15) is 0 Å². The van der Waals surface area contributed by atoms with E-state index < -0.39 is 0 Å². The van der Waals surface area contributed by atoms with Gasteiger partial charge in [0.05, 0.1) is 18.8 Å². The smallest absolute Gasteiger partial charge is 0.0692 e. The average molecular weight is 171 g/mol. The van der Waals surface area contributed by atoms with Crippen LogP contribution < -0.4 is 11.1 Å². The third-order valence-corrected chi connectivity index (χ3v) is 2.94. The van der Waals surface area contributed by atoms with E-state index in [1.165, 1.54) is 0 Å². The Kier molecular flexibility index (Phi) is 2.32. The topological polar surface area (TPSA) is 50.5 Å². The average Bonchev–Trinajstić information content (AvgIpc) is 2.18. The van der Waals surface area contributed by atoms with E-state index in [2.05, 4.69) is 10.2 Å². The molecule has 1 unspecified atom stereocenters. The highest BCUT2D eigenvalue weighted by Gasteiger charge is 2.39. The number of nitrogens with one attached hydrogen (secondary N) is 1. The van der Waals surface area contributed by atoms with Gasteiger partial charge < -0.3 is 15.8 Å².